The first-order chi connectivity index (χ1) is 8.86. The van der Waals surface area contributed by atoms with Gasteiger partial charge in [0.2, 0.25) is 0 Å². The van der Waals surface area contributed by atoms with E-state index in [4.69, 9.17) is 5.73 Å². The van der Waals surface area contributed by atoms with Gasteiger partial charge in [-0.3, -0.25) is 9.48 Å². The van der Waals surface area contributed by atoms with Gasteiger partial charge in [-0.2, -0.15) is 5.10 Å². The normalized spacial score (nSPS) is 27.7. The number of alkyl halides is 2. The summed E-state index contributed by atoms with van der Waals surface area (Å²) in [5, 5.41) is 13.2. The predicted octanol–water partition coefficient (Wildman–Crippen LogP) is 1.58. The zero-order chi connectivity index (χ0) is 14.2. The van der Waals surface area contributed by atoms with Crippen LogP contribution in [0.15, 0.2) is 6.20 Å². The van der Waals surface area contributed by atoms with Crippen molar-refractivity contribution >= 4 is 5.97 Å². The van der Waals surface area contributed by atoms with Crippen LogP contribution in [0.5, 0.6) is 0 Å². The SMILES string of the molecule is Cn1cc(C2(C(=O)O)CCC(N)CC2)c(C(F)F)n1. The number of carboxylic acid groups (broad SMARTS) is 1. The molecule has 0 unspecified atom stereocenters. The lowest BCUT2D eigenvalue weighted by atomic mass is 9.68. The summed E-state index contributed by atoms with van der Waals surface area (Å²) in [6.07, 6.45) is 0.201. The molecule has 1 fully saturated rings. The minimum atomic E-state index is -2.77. The van der Waals surface area contributed by atoms with Gasteiger partial charge >= 0.3 is 5.97 Å². The van der Waals surface area contributed by atoms with Crippen molar-refractivity contribution < 1.29 is 18.7 Å². The van der Waals surface area contributed by atoms with Gasteiger partial charge in [0.05, 0.1) is 5.41 Å². The largest absolute Gasteiger partial charge is 0.481 e. The van der Waals surface area contributed by atoms with Crippen LogP contribution in [0.4, 0.5) is 8.78 Å². The molecule has 0 amide bonds. The van der Waals surface area contributed by atoms with Crippen molar-refractivity contribution in [3.05, 3.63) is 17.5 Å². The lowest BCUT2D eigenvalue weighted by Crippen LogP contribution is -2.43. The number of carbonyl (C=O) groups is 1. The number of hydrogen-bond acceptors (Lipinski definition) is 3. The Morgan fingerprint density at radius 3 is 2.63 bits per heavy atom. The van der Waals surface area contributed by atoms with Gasteiger partial charge in [0.1, 0.15) is 5.69 Å². The van der Waals surface area contributed by atoms with Crippen molar-refractivity contribution in [2.45, 2.75) is 43.6 Å². The molecule has 19 heavy (non-hydrogen) atoms. The van der Waals surface area contributed by atoms with E-state index in [0.29, 0.717) is 12.8 Å². The van der Waals surface area contributed by atoms with Crippen LogP contribution in [0.1, 0.15) is 43.4 Å². The Kier molecular flexibility index (Phi) is 3.58. The summed E-state index contributed by atoms with van der Waals surface area (Å²) < 4.78 is 27.3. The first-order valence-electron chi connectivity index (χ1n) is 6.18. The summed E-state index contributed by atoms with van der Waals surface area (Å²) in [6.45, 7) is 0. The lowest BCUT2D eigenvalue weighted by Gasteiger charge is -2.35. The van der Waals surface area contributed by atoms with Gasteiger partial charge in [0.15, 0.2) is 0 Å². The lowest BCUT2D eigenvalue weighted by molar-refractivity contribution is -0.145. The third-order valence-electron chi connectivity index (χ3n) is 3.87. The Bertz CT molecular complexity index is 479. The molecule has 0 radical (unpaired) electrons. The molecule has 0 aromatic carbocycles. The zero-order valence-corrected chi connectivity index (χ0v) is 10.6. The van der Waals surface area contributed by atoms with Crippen LogP contribution in [0.2, 0.25) is 0 Å². The van der Waals surface area contributed by atoms with Crippen LogP contribution in [-0.4, -0.2) is 26.9 Å². The molecule has 0 bridgehead atoms. The molecule has 5 nitrogen and oxygen atoms in total. The maximum Gasteiger partial charge on any atom is 0.314 e. The topological polar surface area (TPSA) is 81.1 Å². The van der Waals surface area contributed by atoms with Crippen molar-refractivity contribution in [2.24, 2.45) is 12.8 Å². The number of aryl methyl sites for hydroxylation is 1. The number of carboxylic acids is 1. The summed E-state index contributed by atoms with van der Waals surface area (Å²) in [7, 11) is 1.51. The number of aliphatic carboxylic acids is 1. The highest BCUT2D eigenvalue weighted by atomic mass is 19.3. The van der Waals surface area contributed by atoms with E-state index in [1.54, 1.807) is 0 Å². The molecule has 1 heterocycles. The van der Waals surface area contributed by atoms with Gasteiger partial charge in [0.25, 0.3) is 6.43 Å². The highest BCUT2D eigenvalue weighted by Gasteiger charge is 2.46. The number of rotatable bonds is 3. The average molecular weight is 273 g/mol. The number of nitrogens with zero attached hydrogens (tertiary/aromatic N) is 2. The first-order valence-corrected chi connectivity index (χ1v) is 6.18. The fraction of sp³-hybridized carbons (Fsp3) is 0.667. The first kappa shape index (κ1) is 13.9. The molecule has 0 atom stereocenters. The number of hydrogen-bond donors (Lipinski definition) is 2. The van der Waals surface area contributed by atoms with Crippen molar-refractivity contribution in [3.63, 3.8) is 0 Å². The summed E-state index contributed by atoms with van der Waals surface area (Å²) >= 11 is 0. The Labute approximate surface area is 109 Å². The fourth-order valence-corrected chi connectivity index (χ4v) is 2.77. The second-order valence-corrected chi connectivity index (χ2v) is 5.13. The highest BCUT2D eigenvalue weighted by Crippen LogP contribution is 2.42. The third-order valence-corrected chi connectivity index (χ3v) is 3.87. The van der Waals surface area contributed by atoms with Crippen LogP contribution in [-0.2, 0) is 17.3 Å². The molecule has 1 aromatic heterocycles. The molecular weight excluding hydrogens is 256 g/mol. The molecule has 0 aliphatic heterocycles. The molecule has 0 spiro atoms. The van der Waals surface area contributed by atoms with Crippen LogP contribution in [0.25, 0.3) is 0 Å². The molecule has 106 valence electrons. The second kappa shape index (κ2) is 4.88. The molecule has 1 aliphatic carbocycles. The maximum absolute atomic E-state index is 13.0. The maximum atomic E-state index is 13.0. The Morgan fingerprint density at radius 1 is 1.58 bits per heavy atom. The highest BCUT2D eigenvalue weighted by molar-refractivity contribution is 5.82. The zero-order valence-electron chi connectivity index (χ0n) is 10.6. The molecule has 2 rings (SSSR count). The molecule has 1 aromatic rings. The van der Waals surface area contributed by atoms with Crippen LogP contribution >= 0.6 is 0 Å². The Morgan fingerprint density at radius 2 is 2.16 bits per heavy atom. The van der Waals surface area contributed by atoms with Gasteiger partial charge in [0, 0.05) is 24.8 Å². The van der Waals surface area contributed by atoms with E-state index in [2.05, 4.69) is 5.10 Å². The van der Waals surface area contributed by atoms with Crippen molar-refractivity contribution in [1.29, 1.82) is 0 Å². The van der Waals surface area contributed by atoms with Crippen LogP contribution in [0, 0.1) is 0 Å². The molecule has 1 aliphatic rings. The summed E-state index contributed by atoms with van der Waals surface area (Å²) in [5.41, 5.74) is 4.19. The van der Waals surface area contributed by atoms with E-state index < -0.39 is 23.5 Å². The molecule has 7 heteroatoms. The summed E-state index contributed by atoms with van der Waals surface area (Å²) in [5.74, 6) is -1.07. The van der Waals surface area contributed by atoms with E-state index in [9.17, 15) is 18.7 Å². The molecular formula is C12H17F2N3O2. The second-order valence-electron chi connectivity index (χ2n) is 5.13. The van der Waals surface area contributed by atoms with Gasteiger partial charge in [-0.15, -0.1) is 0 Å². The van der Waals surface area contributed by atoms with Gasteiger partial charge < -0.3 is 10.8 Å². The molecule has 0 saturated heterocycles. The van der Waals surface area contributed by atoms with Crippen molar-refractivity contribution in [2.75, 3.05) is 0 Å². The average Bonchev–Trinajstić information content (AvgIpc) is 2.73. The molecule has 3 N–H and O–H groups in total. The monoisotopic (exact) mass is 273 g/mol. The quantitative estimate of drug-likeness (QED) is 0.876. The Hall–Kier alpha value is -1.50. The van der Waals surface area contributed by atoms with Gasteiger partial charge in [-0.25, -0.2) is 8.78 Å². The van der Waals surface area contributed by atoms with Gasteiger partial charge in [-0.1, -0.05) is 0 Å². The van der Waals surface area contributed by atoms with Gasteiger partial charge in [-0.05, 0) is 25.7 Å². The van der Waals surface area contributed by atoms with Crippen LogP contribution in [0.3, 0.4) is 0 Å². The predicted molar refractivity (Wildman–Crippen MR) is 63.9 cm³/mol. The number of aromatic nitrogens is 2. The van der Waals surface area contributed by atoms with Crippen molar-refractivity contribution in [3.8, 4) is 0 Å². The van der Waals surface area contributed by atoms with Crippen LogP contribution < -0.4 is 5.73 Å². The molecule has 1 saturated carbocycles. The van der Waals surface area contributed by atoms with E-state index in [1.165, 1.54) is 17.9 Å². The smallest absolute Gasteiger partial charge is 0.314 e. The summed E-state index contributed by atoms with van der Waals surface area (Å²) in [6, 6.07) is -0.0563. The number of nitrogens with two attached hydrogens (primary N) is 1. The fourth-order valence-electron chi connectivity index (χ4n) is 2.77. The summed E-state index contributed by atoms with van der Waals surface area (Å²) in [4.78, 5) is 11.6. The van der Waals surface area contributed by atoms with E-state index in [0.717, 1.165) is 0 Å². The minimum Gasteiger partial charge on any atom is -0.481 e. The van der Waals surface area contributed by atoms with E-state index in [-0.39, 0.29) is 24.4 Å². The van der Waals surface area contributed by atoms with E-state index in [1.807, 2.05) is 0 Å². The minimum absolute atomic E-state index is 0.0563. The van der Waals surface area contributed by atoms with E-state index >= 15 is 0 Å². The standard InChI is InChI=1S/C12H17F2N3O2/c1-17-6-8(9(16-17)10(13)14)12(11(18)19)4-2-7(15)3-5-12/h6-7,10H,2-5,15H2,1H3,(H,18,19). The van der Waals surface area contributed by atoms with Crippen molar-refractivity contribution in [1.82, 2.24) is 9.78 Å². The third kappa shape index (κ3) is 2.34. The Balaban J connectivity index is 2.48. The number of halogens is 2.